The Bertz CT molecular complexity index is 245. The summed E-state index contributed by atoms with van der Waals surface area (Å²) < 4.78 is 0. The van der Waals surface area contributed by atoms with E-state index in [1.54, 1.807) is 0 Å². The van der Waals surface area contributed by atoms with Crippen LogP contribution >= 0.6 is 0 Å². The van der Waals surface area contributed by atoms with E-state index in [1.807, 2.05) is 0 Å². The lowest BCUT2D eigenvalue weighted by Gasteiger charge is -2.30. The Hall–Kier alpha value is -0.570. The Labute approximate surface area is 112 Å². The Balaban J connectivity index is 2.34. The summed E-state index contributed by atoms with van der Waals surface area (Å²) in [5.41, 5.74) is 5.68. The van der Waals surface area contributed by atoms with Gasteiger partial charge in [-0.15, -0.1) is 0 Å². The number of rotatable bonds is 6. The molecule has 1 saturated carbocycles. The highest BCUT2D eigenvalue weighted by molar-refractivity contribution is 5.79. The second-order valence-electron chi connectivity index (χ2n) is 6.10. The summed E-state index contributed by atoms with van der Waals surface area (Å²) in [4.78, 5) is 12.1. The summed E-state index contributed by atoms with van der Waals surface area (Å²) in [5.74, 6) is 1.34. The third-order valence-corrected chi connectivity index (χ3v) is 4.29. The number of hydrogen-bond acceptors (Lipinski definition) is 2. The second kappa shape index (κ2) is 7.78. The summed E-state index contributed by atoms with van der Waals surface area (Å²) in [7, 11) is 0. The van der Waals surface area contributed by atoms with Crippen LogP contribution in [0.2, 0.25) is 0 Å². The molecule has 1 amide bonds. The number of amides is 1. The molecule has 106 valence electrons. The van der Waals surface area contributed by atoms with Gasteiger partial charge in [0.05, 0.1) is 5.92 Å². The van der Waals surface area contributed by atoms with Crippen molar-refractivity contribution < 1.29 is 4.79 Å². The van der Waals surface area contributed by atoms with Crippen LogP contribution in [0.1, 0.15) is 59.3 Å². The molecule has 1 unspecified atom stereocenters. The minimum absolute atomic E-state index is 0.0293. The van der Waals surface area contributed by atoms with Crippen molar-refractivity contribution in [3.05, 3.63) is 0 Å². The zero-order valence-electron chi connectivity index (χ0n) is 12.2. The molecular weight excluding hydrogens is 224 g/mol. The van der Waals surface area contributed by atoms with Gasteiger partial charge in [-0.2, -0.15) is 0 Å². The summed E-state index contributed by atoms with van der Waals surface area (Å²) in [6, 6.07) is 0.387. The Morgan fingerprint density at radius 3 is 2.33 bits per heavy atom. The molecule has 3 N–H and O–H groups in total. The van der Waals surface area contributed by atoms with E-state index in [0.717, 1.165) is 18.8 Å². The maximum Gasteiger partial charge on any atom is 0.224 e. The van der Waals surface area contributed by atoms with Crippen molar-refractivity contribution in [2.45, 2.75) is 65.3 Å². The molecule has 0 aromatic carbocycles. The number of nitrogens with one attached hydrogen (secondary N) is 1. The van der Waals surface area contributed by atoms with Gasteiger partial charge in [0.25, 0.3) is 0 Å². The molecule has 0 aromatic heterocycles. The van der Waals surface area contributed by atoms with E-state index in [1.165, 1.54) is 25.7 Å². The molecule has 1 rings (SSSR count). The van der Waals surface area contributed by atoms with Gasteiger partial charge in [-0.3, -0.25) is 4.79 Å². The van der Waals surface area contributed by atoms with E-state index in [9.17, 15) is 4.79 Å². The van der Waals surface area contributed by atoms with Crippen molar-refractivity contribution in [1.82, 2.24) is 5.32 Å². The smallest absolute Gasteiger partial charge is 0.224 e. The van der Waals surface area contributed by atoms with Crippen LogP contribution in [-0.4, -0.2) is 18.5 Å². The van der Waals surface area contributed by atoms with Gasteiger partial charge < -0.3 is 11.1 Å². The normalized spacial score (nSPS) is 26.1. The molecule has 0 radical (unpaired) electrons. The molecule has 0 bridgehead atoms. The highest BCUT2D eigenvalue weighted by atomic mass is 16.2. The van der Waals surface area contributed by atoms with Crippen LogP contribution in [0.5, 0.6) is 0 Å². The third kappa shape index (κ3) is 4.60. The summed E-state index contributed by atoms with van der Waals surface area (Å²) >= 11 is 0. The molecule has 1 fully saturated rings. The standard InChI is InChI=1S/C15H30N2O/c1-4-5-12-6-8-13(9-7-12)17-15(18)14(10-16)11(2)3/h11-14H,4-10,16H2,1-3H3,(H,17,18). The number of nitrogens with two attached hydrogens (primary N) is 1. The SMILES string of the molecule is CCCC1CCC(NC(=O)C(CN)C(C)C)CC1. The molecule has 1 aliphatic carbocycles. The lowest BCUT2D eigenvalue weighted by Crippen LogP contribution is -2.44. The van der Waals surface area contributed by atoms with Gasteiger partial charge in [0, 0.05) is 12.6 Å². The van der Waals surface area contributed by atoms with Crippen LogP contribution in [0.15, 0.2) is 0 Å². The number of carbonyl (C=O) groups excluding carboxylic acids is 1. The van der Waals surface area contributed by atoms with Crippen LogP contribution in [0.4, 0.5) is 0 Å². The van der Waals surface area contributed by atoms with Gasteiger partial charge >= 0.3 is 0 Å². The molecular formula is C15H30N2O. The van der Waals surface area contributed by atoms with Gasteiger partial charge in [-0.1, -0.05) is 33.6 Å². The number of carbonyl (C=O) groups is 1. The summed E-state index contributed by atoms with van der Waals surface area (Å²) in [6.45, 7) is 6.83. The molecule has 1 atom stereocenters. The topological polar surface area (TPSA) is 55.1 Å². The van der Waals surface area contributed by atoms with Crippen LogP contribution in [0.25, 0.3) is 0 Å². The van der Waals surface area contributed by atoms with Gasteiger partial charge in [0.15, 0.2) is 0 Å². The van der Waals surface area contributed by atoms with Gasteiger partial charge in [-0.05, 0) is 37.5 Å². The van der Waals surface area contributed by atoms with Crippen LogP contribution in [0.3, 0.4) is 0 Å². The van der Waals surface area contributed by atoms with E-state index in [0.29, 0.717) is 18.5 Å². The first kappa shape index (κ1) is 15.5. The lowest BCUT2D eigenvalue weighted by atomic mass is 9.83. The first-order valence-corrected chi connectivity index (χ1v) is 7.58. The predicted octanol–water partition coefficient (Wildman–Crippen LogP) is 2.69. The zero-order chi connectivity index (χ0) is 13.5. The maximum absolute atomic E-state index is 12.1. The molecule has 18 heavy (non-hydrogen) atoms. The zero-order valence-corrected chi connectivity index (χ0v) is 12.2. The minimum Gasteiger partial charge on any atom is -0.353 e. The number of hydrogen-bond donors (Lipinski definition) is 2. The van der Waals surface area contributed by atoms with Crippen molar-refractivity contribution in [3.8, 4) is 0 Å². The Morgan fingerprint density at radius 2 is 1.89 bits per heavy atom. The Morgan fingerprint density at radius 1 is 1.28 bits per heavy atom. The second-order valence-corrected chi connectivity index (χ2v) is 6.10. The highest BCUT2D eigenvalue weighted by Gasteiger charge is 2.26. The third-order valence-electron chi connectivity index (χ3n) is 4.29. The fourth-order valence-electron chi connectivity index (χ4n) is 2.99. The van der Waals surface area contributed by atoms with E-state index in [2.05, 4.69) is 26.1 Å². The monoisotopic (exact) mass is 254 g/mol. The fourth-order valence-corrected chi connectivity index (χ4v) is 2.99. The largest absolute Gasteiger partial charge is 0.353 e. The first-order chi connectivity index (χ1) is 8.58. The van der Waals surface area contributed by atoms with E-state index in [-0.39, 0.29) is 11.8 Å². The van der Waals surface area contributed by atoms with Crippen molar-refractivity contribution >= 4 is 5.91 Å². The van der Waals surface area contributed by atoms with Crippen molar-refractivity contribution in [3.63, 3.8) is 0 Å². The Kier molecular flexibility index (Phi) is 6.69. The molecule has 0 aliphatic heterocycles. The van der Waals surface area contributed by atoms with Crippen LogP contribution in [-0.2, 0) is 4.79 Å². The minimum atomic E-state index is -0.0293. The van der Waals surface area contributed by atoms with E-state index >= 15 is 0 Å². The van der Waals surface area contributed by atoms with Gasteiger partial charge in [0.1, 0.15) is 0 Å². The van der Waals surface area contributed by atoms with Gasteiger partial charge in [0.2, 0.25) is 5.91 Å². The predicted molar refractivity (Wildman–Crippen MR) is 76.2 cm³/mol. The quantitative estimate of drug-likeness (QED) is 0.765. The van der Waals surface area contributed by atoms with Crippen molar-refractivity contribution in [2.24, 2.45) is 23.5 Å². The average Bonchev–Trinajstić information content (AvgIpc) is 2.32. The summed E-state index contributed by atoms with van der Waals surface area (Å²) in [5, 5.41) is 3.19. The molecule has 3 nitrogen and oxygen atoms in total. The van der Waals surface area contributed by atoms with Crippen molar-refractivity contribution in [1.29, 1.82) is 0 Å². The highest BCUT2D eigenvalue weighted by Crippen LogP contribution is 2.28. The van der Waals surface area contributed by atoms with E-state index in [4.69, 9.17) is 5.73 Å². The van der Waals surface area contributed by atoms with Crippen LogP contribution < -0.4 is 11.1 Å². The van der Waals surface area contributed by atoms with Crippen molar-refractivity contribution in [2.75, 3.05) is 6.54 Å². The van der Waals surface area contributed by atoms with Crippen LogP contribution in [0, 0.1) is 17.8 Å². The van der Waals surface area contributed by atoms with E-state index < -0.39 is 0 Å². The van der Waals surface area contributed by atoms with Gasteiger partial charge in [-0.25, -0.2) is 0 Å². The molecule has 0 aromatic rings. The summed E-state index contributed by atoms with van der Waals surface area (Å²) in [6.07, 6.45) is 7.46. The fraction of sp³-hybridized carbons (Fsp3) is 0.933. The first-order valence-electron chi connectivity index (χ1n) is 7.58. The molecule has 1 aliphatic rings. The molecule has 0 saturated heterocycles. The maximum atomic E-state index is 12.1. The lowest BCUT2D eigenvalue weighted by molar-refractivity contribution is -0.127. The molecule has 0 spiro atoms. The molecule has 0 heterocycles. The average molecular weight is 254 g/mol. The molecule has 3 heteroatoms.